The summed E-state index contributed by atoms with van der Waals surface area (Å²) < 4.78 is 56.5. The highest BCUT2D eigenvalue weighted by atomic mass is 32.1. The topological polar surface area (TPSA) is 102 Å². The summed E-state index contributed by atoms with van der Waals surface area (Å²) in [7, 11) is 0. The highest BCUT2D eigenvalue weighted by Gasteiger charge is 2.51. The van der Waals surface area contributed by atoms with Crippen LogP contribution in [0.1, 0.15) is 37.7 Å². The lowest BCUT2D eigenvalue weighted by Crippen LogP contribution is -2.44. The summed E-state index contributed by atoms with van der Waals surface area (Å²) in [5.41, 5.74) is -2.09. The third-order valence-corrected chi connectivity index (χ3v) is 6.85. The first kappa shape index (κ1) is 26.2. The second kappa shape index (κ2) is 9.09. The normalized spacial score (nSPS) is 15.3. The van der Waals surface area contributed by atoms with E-state index in [1.54, 1.807) is 12.3 Å². The van der Waals surface area contributed by atoms with E-state index in [4.69, 9.17) is 17.5 Å². The first-order valence-corrected chi connectivity index (χ1v) is 12.1. The average Bonchev–Trinajstić information content (AvgIpc) is 3.48. The third-order valence-electron chi connectivity index (χ3n) is 6.49. The second-order valence-corrected chi connectivity index (χ2v) is 9.67. The number of thiocarbonyl (C=S) groups is 1. The molecule has 1 amide bonds. The Morgan fingerprint density at radius 3 is 2.51 bits per heavy atom. The number of aryl methyl sites for hydroxylation is 1. The van der Waals surface area contributed by atoms with E-state index in [0.717, 1.165) is 11.0 Å². The number of hydrogen-bond donors (Lipinski definition) is 1. The van der Waals surface area contributed by atoms with Crippen molar-refractivity contribution in [2.24, 2.45) is 0 Å². The van der Waals surface area contributed by atoms with Gasteiger partial charge in [0.2, 0.25) is 0 Å². The first-order chi connectivity index (χ1) is 18.4. The number of nitriles is 1. The number of nitrogens with one attached hydrogen (secondary N) is 1. The van der Waals surface area contributed by atoms with Crippen LogP contribution >= 0.6 is 12.2 Å². The molecule has 8 nitrogen and oxygen atoms in total. The minimum atomic E-state index is -4.83. The summed E-state index contributed by atoms with van der Waals surface area (Å²) in [5, 5.41) is 16.0. The van der Waals surface area contributed by atoms with Crippen LogP contribution in [-0.2, 0) is 17.4 Å². The maximum absolute atomic E-state index is 15.6. The number of benzene rings is 2. The molecule has 3 heterocycles. The zero-order chi connectivity index (χ0) is 28.3. The average molecular weight is 554 g/mol. The molecule has 198 valence electrons. The van der Waals surface area contributed by atoms with Crippen molar-refractivity contribution in [3.05, 3.63) is 65.5 Å². The van der Waals surface area contributed by atoms with Crippen LogP contribution in [0.4, 0.5) is 28.9 Å². The van der Waals surface area contributed by atoms with Gasteiger partial charge in [-0.3, -0.25) is 14.8 Å². The number of aromatic nitrogens is 4. The van der Waals surface area contributed by atoms with Crippen LogP contribution in [0.15, 0.2) is 42.7 Å². The fraction of sp³-hybridized carbons (Fsp3) is 0.231. The molecule has 0 unspecified atom stereocenters. The lowest BCUT2D eigenvalue weighted by Gasteiger charge is -2.29. The van der Waals surface area contributed by atoms with Crippen molar-refractivity contribution >= 4 is 45.5 Å². The van der Waals surface area contributed by atoms with Crippen molar-refractivity contribution in [1.29, 1.82) is 5.26 Å². The molecule has 0 spiro atoms. The number of hydrogen-bond acceptors (Lipinski definition) is 6. The highest BCUT2D eigenvalue weighted by Crippen LogP contribution is 2.41. The van der Waals surface area contributed by atoms with Crippen molar-refractivity contribution in [3.8, 4) is 17.3 Å². The molecular weight excluding hydrogens is 534 g/mol. The Morgan fingerprint density at radius 1 is 1.15 bits per heavy atom. The fourth-order valence-electron chi connectivity index (χ4n) is 4.57. The fourth-order valence-corrected chi connectivity index (χ4v) is 5.09. The molecule has 1 saturated heterocycles. The number of carbonyl (C=O) groups is 1. The predicted octanol–water partition coefficient (Wildman–Crippen LogP) is 5.53. The van der Waals surface area contributed by atoms with E-state index in [9.17, 15) is 18.0 Å². The van der Waals surface area contributed by atoms with Gasteiger partial charge in [0, 0.05) is 29.3 Å². The van der Waals surface area contributed by atoms with Gasteiger partial charge in [-0.25, -0.2) is 14.4 Å². The number of H-pyrrole nitrogens is 1. The number of carbonyl (C=O) groups excluding carboxylic acids is 1. The molecule has 0 atom stereocenters. The van der Waals surface area contributed by atoms with Crippen LogP contribution in [0.5, 0.6) is 0 Å². The lowest BCUT2D eigenvalue weighted by atomic mass is 10.0. The number of fused-ring (bicyclic) bond motifs is 1. The SMILES string of the molecule is CCc1nc(-c2cn[nH]c2)c2cc(N3C(=S)N(c4ccc(C#N)c(C(F)(F)F)c4)C(=O)C3(C)C)cc(F)c2n1. The molecule has 1 aliphatic rings. The van der Waals surface area contributed by atoms with E-state index in [2.05, 4.69) is 20.2 Å². The molecule has 13 heteroatoms. The van der Waals surface area contributed by atoms with E-state index in [1.165, 1.54) is 43.1 Å². The third kappa shape index (κ3) is 4.17. The zero-order valence-corrected chi connectivity index (χ0v) is 21.6. The maximum atomic E-state index is 15.6. The standard InChI is InChI=1S/C26H19F4N7OS/c1-4-20-34-21(14-11-32-33-12-14)17-7-16(9-19(27)22(17)35-20)37-24(39)36(23(38)25(37,2)3)15-6-5-13(10-31)18(8-15)26(28,29)30/h5-9,11-12H,4H2,1-3H3,(H,32,33). The molecule has 2 aromatic heterocycles. The molecule has 0 saturated carbocycles. The highest BCUT2D eigenvalue weighted by molar-refractivity contribution is 7.81. The van der Waals surface area contributed by atoms with Gasteiger partial charge in [-0.2, -0.15) is 23.5 Å². The Kier molecular flexibility index (Phi) is 6.10. The van der Waals surface area contributed by atoms with Crippen LogP contribution in [0.25, 0.3) is 22.2 Å². The number of nitrogens with zero attached hydrogens (tertiary/aromatic N) is 6. The molecular formula is C26H19F4N7OS. The van der Waals surface area contributed by atoms with Gasteiger partial charge in [-0.05, 0) is 56.4 Å². The quantitative estimate of drug-likeness (QED) is 0.262. The molecule has 0 bridgehead atoms. The molecule has 0 aliphatic carbocycles. The van der Waals surface area contributed by atoms with Gasteiger partial charge < -0.3 is 4.90 Å². The summed E-state index contributed by atoms with van der Waals surface area (Å²) in [6.07, 6.45) is -1.24. The number of alkyl halides is 3. The van der Waals surface area contributed by atoms with E-state index in [1.807, 2.05) is 6.92 Å². The molecule has 1 fully saturated rings. The molecule has 0 radical (unpaired) electrons. The summed E-state index contributed by atoms with van der Waals surface area (Å²) in [6.45, 7) is 4.91. The number of rotatable bonds is 4. The minimum Gasteiger partial charge on any atom is -0.303 e. The smallest absolute Gasteiger partial charge is 0.303 e. The van der Waals surface area contributed by atoms with E-state index in [0.29, 0.717) is 35.0 Å². The molecule has 39 heavy (non-hydrogen) atoms. The first-order valence-electron chi connectivity index (χ1n) is 11.7. The monoisotopic (exact) mass is 553 g/mol. The number of amides is 1. The van der Waals surface area contributed by atoms with E-state index in [-0.39, 0.29) is 22.0 Å². The molecule has 2 aromatic carbocycles. The Balaban J connectivity index is 1.67. The Hall–Kier alpha value is -4.44. The van der Waals surface area contributed by atoms with Crippen molar-refractivity contribution in [2.75, 3.05) is 9.80 Å². The molecule has 1 N–H and O–H groups in total. The Labute approximate surface area is 224 Å². The number of halogens is 4. The van der Waals surface area contributed by atoms with E-state index < -0.39 is 34.6 Å². The van der Waals surface area contributed by atoms with Gasteiger partial charge in [0.1, 0.15) is 16.9 Å². The van der Waals surface area contributed by atoms with Crippen molar-refractivity contribution in [1.82, 2.24) is 20.2 Å². The van der Waals surface area contributed by atoms with Crippen molar-refractivity contribution < 1.29 is 22.4 Å². The second-order valence-electron chi connectivity index (χ2n) is 9.31. The Bertz CT molecular complexity index is 1690. The summed E-state index contributed by atoms with van der Waals surface area (Å²) in [6, 6.07) is 7.19. The van der Waals surface area contributed by atoms with Gasteiger partial charge in [0.25, 0.3) is 5.91 Å². The summed E-state index contributed by atoms with van der Waals surface area (Å²) in [5.74, 6) is -0.893. The number of anilines is 2. The van der Waals surface area contributed by atoms with Crippen molar-refractivity contribution in [3.63, 3.8) is 0 Å². The largest absolute Gasteiger partial charge is 0.417 e. The number of aromatic amines is 1. The van der Waals surface area contributed by atoms with Crippen molar-refractivity contribution in [2.45, 2.75) is 38.9 Å². The molecule has 5 rings (SSSR count). The van der Waals surface area contributed by atoms with Crippen LogP contribution in [0, 0.1) is 17.1 Å². The summed E-state index contributed by atoms with van der Waals surface area (Å²) in [4.78, 5) is 24.8. The summed E-state index contributed by atoms with van der Waals surface area (Å²) >= 11 is 5.58. The molecule has 1 aliphatic heterocycles. The minimum absolute atomic E-state index is 0.0646. The van der Waals surface area contributed by atoms with Gasteiger partial charge in [-0.15, -0.1) is 0 Å². The maximum Gasteiger partial charge on any atom is 0.417 e. The zero-order valence-electron chi connectivity index (χ0n) is 20.8. The van der Waals surface area contributed by atoms with Crippen LogP contribution in [0.3, 0.4) is 0 Å². The predicted molar refractivity (Wildman–Crippen MR) is 139 cm³/mol. The molecule has 4 aromatic rings. The van der Waals surface area contributed by atoms with Gasteiger partial charge in [-0.1, -0.05) is 6.92 Å². The van der Waals surface area contributed by atoms with Gasteiger partial charge in [0.15, 0.2) is 10.9 Å². The lowest BCUT2D eigenvalue weighted by molar-refractivity contribution is -0.137. The van der Waals surface area contributed by atoms with E-state index >= 15 is 4.39 Å². The van der Waals surface area contributed by atoms with Gasteiger partial charge in [0.05, 0.1) is 34.8 Å². The van der Waals surface area contributed by atoms with Crippen LogP contribution in [-0.4, -0.2) is 36.7 Å². The van der Waals surface area contributed by atoms with Crippen LogP contribution in [0.2, 0.25) is 0 Å². The van der Waals surface area contributed by atoms with Crippen LogP contribution < -0.4 is 9.80 Å². The van der Waals surface area contributed by atoms with Gasteiger partial charge >= 0.3 is 6.18 Å². The Morgan fingerprint density at radius 2 is 1.90 bits per heavy atom.